The molecule has 1 saturated carbocycles. The molecule has 1 aliphatic carbocycles. The number of rotatable bonds is 12. The van der Waals surface area contributed by atoms with Crippen molar-refractivity contribution in [1.82, 2.24) is 10.2 Å². The Kier molecular flexibility index (Phi) is 11.4. The van der Waals surface area contributed by atoms with Gasteiger partial charge in [0.25, 0.3) is 10.0 Å². The zero-order valence-electron chi connectivity index (χ0n) is 25.0. The maximum absolute atomic E-state index is 14.2. The largest absolute Gasteiger partial charge is 0.497 e. The molecule has 1 N–H and O–H groups in total. The van der Waals surface area contributed by atoms with Crippen LogP contribution >= 0.6 is 23.2 Å². The molecule has 236 valence electrons. The molecule has 4 rings (SSSR count). The maximum atomic E-state index is 14.2. The van der Waals surface area contributed by atoms with Gasteiger partial charge in [0, 0.05) is 22.6 Å². The molecule has 0 bridgehead atoms. The number of benzene rings is 3. The van der Waals surface area contributed by atoms with Crippen molar-refractivity contribution in [3.63, 3.8) is 0 Å². The first-order chi connectivity index (χ1) is 21.0. The van der Waals surface area contributed by atoms with Crippen LogP contribution in [0.15, 0.2) is 71.6 Å². The summed E-state index contributed by atoms with van der Waals surface area (Å²) in [4.78, 5) is 29.0. The number of nitrogens with one attached hydrogen (secondary N) is 1. The summed E-state index contributed by atoms with van der Waals surface area (Å²) in [6.45, 7) is 0.975. The Hall–Kier alpha value is -3.47. The van der Waals surface area contributed by atoms with Crippen molar-refractivity contribution in [2.24, 2.45) is 0 Å². The van der Waals surface area contributed by atoms with Gasteiger partial charge in [-0.05, 0) is 73.9 Å². The minimum atomic E-state index is -4.29. The fourth-order valence-corrected chi connectivity index (χ4v) is 7.10. The number of amides is 2. The molecule has 2 amide bonds. The molecule has 1 aliphatic rings. The van der Waals surface area contributed by atoms with Crippen LogP contribution in [-0.2, 0) is 26.2 Å². The van der Waals surface area contributed by atoms with E-state index < -0.39 is 28.5 Å². The smallest absolute Gasteiger partial charge is 0.264 e. The number of anilines is 1. The van der Waals surface area contributed by atoms with Crippen LogP contribution in [0.1, 0.15) is 44.6 Å². The van der Waals surface area contributed by atoms with Gasteiger partial charge in [0.05, 0.1) is 24.8 Å². The molecule has 0 saturated heterocycles. The second-order valence-corrected chi connectivity index (χ2v) is 13.3. The Labute approximate surface area is 269 Å². The van der Waals surface area contributed by atoms with Crippen molar-refractivity contribution in [2.75, 3.05) is 25.1 Å². The molecule has 1 atom stereocenters. The van der Waals surface area contributed by atoms with Gasteiger partial charge in [-0.2, -0.15) is 0 Å². The van der Waals surface area contributed by atoms with E-state index in [0.29, 0.717) is 21.4 Å². The monoisotopic (exact) mass is 661 g/mol. The predicted octanol–water partition coefficient (Wildman–Crippen LogP) is 6.07. The quantitative estimate of drug-likeness (QED) is 0.253. The molecule has 12 heteroatoms. The number of nitrogens with zero attached hydrogens (tertiary/aromatic N) is 2. The summed E-state index contributed by atoms with van der Waals surface area (Å²) < 4.78 is 39.9. The van der Waals surface area contributed by atoms with Gasteiger partial charge in [0.15, 0.2) is 0 Å². The van der Waals surface area contributed by atoms with E-state index in [0.717, 1.165) is 36.4 Å². The van der Waals surface area contributed by atoms with Crippen molar-refractivity contribution in [3.8, 4) is 11.5 Å². The normalized spacial score (nSPS) is 14.4. The number of sulfonamides is 1. The number of methoxy groups -OCH3 is 2. The highest BCUT2D eigenvalue weighted by atomic mass is 35.5. The molecule has 3 aromatic carbocycles. The maximum Gasteiger partial charge on any atom is 0.264 e. The average molecular weight is 663 g/mol. The molecule has 0 aromatic heterocycles. The molecule has 0 radical (unpaired) electrons. The summed E-state index contributed by atoms with van der Waals surface area (Å²) in [7, 11) is -1.38. The van der Waals surface area contributed by atoms with Crippen LogP contribution < -0.4 is 19.1 Å². The molecule has 1 fully saturated rings. The molecular weight excluding hydrogens is 625 g/mol. The molecular formula is C32H37Cl2N3O6S. The Bertz CT molecular complexity index is 1560. The third-order valence-electron chi connectivity index (χ3n) is 7.75. The first kappa shape index (κ1) is 33.4. The third-order valence-corrected chi connectivity index (χ3v) is 10.1. The number of halogens is 2. The van der Waals surface area contributed by atoms with Gasteiger partial charge < -0.3 is 19.7 Å². The summed E-state index contributed by atoms with van der Waals surface area (Å²) >= 11 is 12.6. The van der Waals surface area contributed by atoms with Gasteiger partial charge in [0.2, 0.25) is 11.8 Å². The van der Waals surface area contributed by atoms with E-state index >= 15 is 0 Å². The summed E-state index contributed by atoms with van der Waals surface area (Å²) in [6.07, 6.45) is 4.93. The first-order valence-corrected chi connectivity index (χ1v) is 16.6. The van der Waals surface area contributed by atoms with Gasteiger partial charge in [-0.1, -0.05) is 60.7 Å². The number of para-hydroxylation sites is 2. The Morgan fingerprint density at radius 1 is 0.955 bits per heavy atom. The number of hydrogen-bond acceptors (Lipinski definition) is 6. The number of hydrogen-bond donors (Lipinski definition) is 1. The second kappa shape index (κ2) is 15.0. The van der Waals surface area contributed by atoms with Crippen LogP contribution in [0.3, 0.4) is 0 Å². The standard InChI is InChI=1S/C32H37Cl2N3O6S/c1-22(32(39)35-25-9-5-4-6-10-25)36(20-23-13-14-24(33)19-28(23)34)31(38)21-37(29-11-7-8-12-30(29)43-3)44(40,41)27-17-15-26(42-2)16-18-27/h7-8,11-19,22,25H,4-6,9-10,20-21H2,1-3H3,(H,35,39)/t22-/m1/s1. The SMILES string of the molecule is COc1ccc(S(=O)(=O)N(CC(=O)N(Cc2ccc(Cl)cc2Cl)[C@H](C)C(=O)NC2CCCCC2)c2ccccc2OC)cc1. The van der Waals surface area contributed by atoms with Gasteiger partial charge >= 0.3 is 0 Å². The molecule has 0 heterocycles. The van der Waals surface area contributed by atoms with Crippen LogP contribution in [0.5, 0.6) is 11.5 Å². The van der Waals surface area contributed by atoms with Crippen molar-refractivity contribution in [1.29, 1.82) is 0 Å². The lowest BCUT2D eigenvalue weighted by Crippen LogP contribution is -2.53. The average Bonchev–Trinajstić information content (AvgIpc) is 3.03. The van der Waals surface area contributed by atoms with E-state index in [1.807, 2.05) is 0 Å². The summed E-state index contributed by atoms with van der Waals surface area (Å²) in [5, 5.41) is 3.83. The molecule has 0 unspecified atom stereocenters. The van der Waals surface area contributed by atoms with Gasteiger partial charge in [-0.25, -0.2) is 8.42 Å². The van der Waals surface area contributed by atoms with Crippen molar-refractivity contribution in [2.45, 2.75) is 62.6 Å². The number of carbonyl (C=O) groups excluding carboxylic acids is 2. The van der Waals surface area contributed by atoms with Crippen LogP contribution in [0.4, 0.5) is 5.69 Å². The minimum Gasteiger partial charge on any atom is -0.497 e. The fraction of sp³-hybridized carbons (Fsp3) is 0.375. The van der Waals surface area contributed by atoms with Gasteiger partial charge in [-0.3, -0.25) is 13.9 Å². The van der Waals surface area contributed by atoms with Crippen LogP contribution in [0.2, 0.25) is 10.0 Å². The predicted molar refractivity (Wildman–Crippen MR) is 172 cm³/mol. The van der Waals surface area contributed by atoms with Crippen LogP contribution in [0.25, 0.3) is 0 Å². The van der Waals surface area contributed by atoms with E-state index in [2.05, 4.69) is 5.32 Å². The molecule has 3 aromatic rings. The van der Waals surface area contributed by atoms with E-state index in [9.17, 15) is 18.0 Å². The lowest BCUT2D eigenvalue weighted by Gasteiger charge is -2.33. The lowest BCUT2D eigenvalue weighted by atomic mass is 9.95. The number of carbonyl (C=O) groups is 2. The van der Waals surface area contributed by atoms with Crippen molar-refractivity contribution < 1.29 is 27.5 Å². The van der Waals surface area contributed by atoms with Crippen LogP contribution in [0, 0.1) is 0 Å². The topological polar surface area (TPSA) is 105 Å². The van der Waals surface area contributed by atoms with E-state index in [1.54, 1.807) is 49.4 Å². The fourth-order valence-electron chi connectivity index (χ4n) is 5.21. The Morgan fingerprint density at radius 3 is 2.27 bits per heavy atom. The summed E-state index contributed by atoms with van der Waals surface area (Å²) in [5.74, 6) is -0.192. The van der Waals surface area contributed by atoms with E-state index in [1.165, 1.54) is 43.4 Å². The van der Waals surface area contributed by atoms with Crippen molar-refractivity contribution in [3.05, 3.63) is 82.3 Å². The zero-order valence-corrected chi connectivity index (χ0v) is 27.3. The Morgan fingerprint density at radius 2 is 1.64 bits per heavy atom. The molecule has 9 nitrogen and oxygen atoms in total. The van der Waals surface area contributed by atoms with Gasteiger partial charge in [0.1, 0.15) is 24.1 Å². The third kappa shape index (κ3) is 7.97. The highest BCUT2D eigenvalue weighted by Gasteiger charge is 2.34. The number of ether oxygens (including phenoxy) is 2. The minimum absolute atomic E-state index is 0.0234. The molecule has 0 spiro atoms. The van der Waals surface area contributed by atoms with Crippen LogP contribution in [-0.4, -0.2) is 58.0 Å². The summed E-state index contributed by atoms with van der Waals surface area (Å²) in [5.41, 5.74) is 0.728. The summed E-state index contributed by atoms with van der Waals surface area (Å²) in [6, 6.07) is 16.4. The second-order valence-electron chi connectivity index (χ2n) is 10.6. The molecule has 0 aliphatic heterocycles. The zero-order chi connectivity index (χ0) is 31.9. The lowest BCUT2D eigenvalue weighted by molar-refractivity contribution is -0.139. The first-order valence-electron chi connectivity index (χ1n) is 14.4. The van der Waals surface area contributed by atoms with E-state index in [4.69, 9.17) is 32.7 Å². The van der Waals surface area contributed by atoms with Gasteiger partial charge in [-0.15, -0.1) is 0 Å². The molecule has 44 heavy (non-hydrogen) atoms. The Balaban J connectivity index is 1.72. The highest BCUT2D eigenvalue weighted by Crippen LogP contribution is 2.33. The highest BCUT2D eigenvalue weighted by molar-refractivity contribution is 7.92. The van der Waals surface area contributed by atoms with Crippen molar-refractivity contribution >= 4 is 50.7 Å². The van der Waals surface area contributed by atoms with E-state index in [-0.39, 0.29) is 34.8 Å².